The van der Waals surface area contributed by atoms with Crippen LogP contribution in [0.3, 0.4) is 0 Å². The molecule has 16 heavy (non-hydrogen) atoms. The second kappa shape index (κ2) is 5.55. The molecule has 2 unspecified atom stereocenters. The number of rotatable bonds is 4. The van der Waals surface area contributed by atoms with Crippen LogP contribution in [0.25, 0.3) is 0 Å². The van der Waals surface area contributed by atoms with Crippen LogP contribution in [0.2, 0.25) is 0 Å². The van der Waals surface area contributed by atoms with Crippen molar-refractivity contribution in [3.63, 3.8) is 0 Å². The second-order valence-corrected chi connectivity index (χ2v) is 5.07. The molecule has 1 fully saturated rings. The van der Waals surface area contributed by atoms with Crippen LogP contribution >= 0.6 is 11.6 Å². The van der Waals surface area contributed by atoms with Gasteiger partial charge in [0, 0.05) is 11.9 Å². The highest BCUT2D eigenvalue weighted by Gasteiger charge is 2.24. The van der Waals surface area contributed by atoms with Gasteiger partial charge < -0.3 is 10.4 Å². The molecule has 0 spiro atoms. The quantitative estimate of drug-likeness (QED) is 0.792. The van der Waals surface area contributed by atoms with Gasteiger partial charge in [0.15, 0.2) is 0 Å². The summed E-state index contributed by atoms with van der Waals surface area (Å²) in [4.78, 5) is 0. The zero-order chi connectivity index (χ0) is 11.4. The summed E-state index contributed by atoms with van der Waals surface area (Å²) < 4.78 is 0. The first kappa shape index (κ1) is 11.7. The van der Waals surface area contributed by atoms with Gasteiger partial charge in [0.1, 0.15) is 5.75 Å². The Morgan fingerprint density at radius 3 is 2.94 bits per heavy atom. The summed E-state index contributed by atoms with van der Waals surface area (Å²) in [5, 5.41) is 13.1. The maximum Gasteiger partial charge on any atom is 0.115 e. The summed E-state index contributed by atoms with van der Waals surface area (Å²) in [5.41, 5.74) is 1.11. The molecule has 2 atom stereocenters. The molecule has 0 bridgehead atoms. The van der Waals surface area contributed by atoms with Crippen molar-refractivity contribution in [2.45, 2.75) is 31.2 Å². The van der Waals surface area contributed by atoms with E-state index in [1.165, 1.54) is 12.8 Å². The Bertz CT molecular complexity index is 342. The van der Waals surface area contributed by atoms with Crippen molar-refractivity contribution in [2.75, 3.05) is 6.54 Å². The van der Waals surface area contributed by atoms with E-state index in [2.05, 4.69) is 5.32 Å². The van der Waals surface area contributed by atoms with E-state index in [-0.39, 0.29) is 0 Å². The molecule has 88 valence electrons. The zero-order valence-electron chi connectivity index (χ0n) is 9.32. The van der Waals surface area contributed by atoms with Crippen LogP contribution in [0.5, 0.6) is 5.75 Å². The lowest BCUT2D eigenvalue weighted by Gasteiger charge is -2.14. The van der Waals surface area contributed by atoms with E-state index in [9.17, 15) is 5.11 Å². The maximum atomic E-state index is 9.32. The van der Waals surface area contributed by atoms with Crippen molar-refractivity contribution in [3.8, 4) is 5.75 Å². The smallest absolute Gasteiger partial charge is 0.115 e. The molecule has 0 heterocycles. The first-order chi connectivity index (χ1) is 7.75. The Hall–Kier alpha value is -0.730. The third-order valence-corrected chi connectivity index (χ3v) is 3.79. The minimum Gasteiger partial charge on any atom is -0.508 e. The lowest BCUT2D eigenvalue weighted by Crippen LogP contribution is -2.25. The lowest BCUT2D eigenvalue weighted by atomic mass is 10.1. The minimum absolute atomic E-state index is 0.329. The van der Waals surface area contributed by atoms with E-state index < -0.39 is 0 Å². The van der Waals surface area contributed by atoms with Gasteiger partial charge in [-0.05, 0) is 43.0 Å². The fourth-order valence-corrected chi connectivity index (χ4v) is 2.66. The molecular formula is C13H18ClNO. The molecule has 1 saturated carbocycles. The van der Waals surface area contributed by atoms with Crippen molar-refractivity contribution in [1.82, 2.24) is 5.32 Å². The van der Waals surface area contributed by atoms with E-state index in [1.54, 1.807) is 12.1 Å². The van der Waals surface area contributed by atoms with Gasteiger partial charge in [0.25, 0.3) is 0 Å². The van der Waals surface area contributed by atoms with Gasteiger partial charge in [-0.15, -0.1) is 11.6 Å². The van der Waals surface area contributed by atoms with E-state index in [0.717, 1.165) is 25.1 Å². The Labute approximate surface area is 102 Å². The predicted octanol–water partition coefficient (Wildman–Crippen LogP) is 2.89. The maximum absolute atomic E-state index is 9.32. The number of hydrogen-bond acceptors (Lipinski definition) is 2. The van der Waals surface area contributed by atoms with Crippen LogP contribution in [-0.2, 0) is 6.54 Å². The standard InChI is InChI=1S/C13H18ClNO/c14-13-6-2-4-11(13)9-15-8-10-3-1-5-12(16)7-10/h1,3,5,7,11,13,15-16H,2,4,6,8-9H2. The van der Waals surface area contributed by atoms with Gasteiger partial charge >= 0.3 is 0 Å². The van der Waals surface area contributed by atoms with Gasteiger partial charge in [-0.3, -0.25) is 0 Å². The molecule has 0 aromatic heterocycles. The molecule has 1 aromatic carbocycles. The van der Waals surface area contributed by atoms with Crippen molar-refractivity contribution in [2.24, 2.45) is 5.92 Å². The number of benzene rings is 1. The molecule has 2 N–H and O–H groups in total. The molecular weight excluding hydrogens is 222 g/mol. The van der Waals surface area contributed by atoms with Crippen molar-refractivity contribution >= 4 is 11.6 Å². The van der Waals surface area contributed by atoms with Gasteiger partial charge in [0.05, 0.1) is 0 Å². The molecule has 3 heteroatoms. The molecule has 2 nitrogen and oxygen atoms in total. The van der Waals surface area contributed by atoms with E-state index in [4.69, 9.17) is 11.6 Å². The largest absolute Gasteiger partial charge is 0.508 e. The van der Waals surface area contributed by atoms with Gasteiger partial charge in [-0.25, -0.2) is 0 Å². The Balaban J connectivity index is 1.75. The summed E-state index contributed by atoms with van der Waals surface area (Å²) in [6.45, 7) is 1.78. The van der Waals surface area contributed by atoms with Gasteiger partial charge in [-0.1, -0.05) is 18.6 Å². The number of halogens is 1. The van der Waals surface area contributed by atoms with Crippen molar-refractivity contribution in [3.05, 3.63) is 29.8 Å². The van der Waals surface area contributed by atoms with Crippen LogP contribution in [-0.4, -0.2) is 17.0 Å². The topological polar surface area (TPSA) is 32.3 Å². The molecule has 0 radical (unpaired) electrons. The number of hydrogen-bond donors (Lipinski definition) is 2. The third-order valence-electron chi connectivity index (χ3n) is 3.21. The average Bonchev–Trinajstić information content (AvgIpc) is 2.65. The van der Waals surface area contributed by atoms with Crippen LogP contribution < -0.4 is 5.32 Å². The van der Waals surface area contributed by atoms with E-state index in [1.807, 2.05) is 12.1 Å². The highest BCUT2D eigenvalue weighted by atomic mass is 35.5. The van der Waals surface area contributed by atoms with Gasteiger partial charge in [-0.2, -0.15) is 0 Å². The lowest BCUT2D eigenvalue weighted by molar-refractivity contribution is 0.471. The Morgan fingerprint density at radius 1 is 1.38 bits per heavy atom. The predicted molar refractivity (Wildman–Crippen MR) is 66.8 cm³/mol. The van der Waals surface area contributed by atoms with Crippen molar-refractivity contribution in [1.29, 1.82) is 0 Å². The number of phenols is 1. The summed E-state index contributed by atoms with van der Waals surface area (Å²) in [5.74, 6) is 0.939. The molecule has 1 aliphatic carbocycles. The molecule has 1 aliphatic rings. The zero-order valence-corrected chi connectivity index (χ0v) is 10.1. The minimum atomic E-state index is 0.329. The third kappa shape index (κ3) is 3.13. The van der Waals surface area contributed by atoms with E-state index in [0.29, 0.717) is 17.0 Å². The van der Waals surface area contributed by atoms with Crippen LogP contribution in [0.4, 0.5) is 0 Å². The highest BCUT2D eigenvalue weighted by molar-refractivity contribution is 6.20. The average molecular weight is 240 g/mol. The van der Waals surface area contributed by atoms with Crippen LogP contribution in [0.1, 0.15) is 24.8 Å². The monoisotopic (exact) mass is 239 g/mol. The molecule has 0 aliphatic heterocycles. The first-order valence-electron chi connectivity index (χ1n) is 5.88. The summed E-state index contributed by atoms with van der Waals surface area (Å²) >= 11 is 6.21. The Morgan fingerprint density at radius 2 is 2.25 bits per heavy atom. The fourth-order valence-electron chi connectivity index (χ4n) is 2.29. The summed E-state index contributed by atoms with van der Waals surface area (Å²) in [7, 11) is 0. The number of nitrogens with one attached hydrogen (secondary N) is 1. The number of aromatic hydroxyl groups is 1. The van der Waals surface area contributed by atoms with E-state index >= 15 is 0 Å². The second-order valence-electron chi connectivity index (χ2n) is 4.51. The molecule has 0 amide bonds. The molecule has 1 aromatic rings. The first-order valence-corrected chi connectivity index (χ1v) is 6.32. The summed E-state index contributed by atoms with van der Waals surface area (Å²) in [6, 6.07) is 7.36. The number of phenolic OH excluding ortho intramolecular Hbond substituents is 1. The normalized spacial score (nSPS) is 24.8. The van der Waals surface area contributed by atoms with Gasteiger partial charge in [0.2, 0.25) is 0 Å². The summed E-state index contributed by atoms with van der Waals surface area (Å²) in [6.07, 6.45) is 3.65. The SMILES string of the molecule is Oc1cccc(CNCC2CCCC2Cl)c1. The van der Waals surface area contributed by atoms with Crippen LogP contribution in [0.15, 0.2) is 24.3 Å². The molecule has 0 saturated heterocycles. The van der Waals surface area contributed by atoms with Crippen molar-refractivity contribution < 1.29 is 5.11 Å². The molecule has 2 rings (SSSR count). The Kier molecular flexibility index (Phi) is 4.08. The van der Waals surface area contributed by atoms with Crippen LogP contribution in [0, 0.1) is 5.92 Å². The number of alkyl halides is 1. The fraction of sp³-hybridized carbons (Fsp3) is 0.538. The highest BCUT2D eigenvalue weighted by Crippen LogP contribution is 2.29.